The summed E-state index contributed by atoms with van der Waals surface area (Å²) in [6.07, 6.45) is 10.9. The summed E-state index contributed by atoms with van der Waals surface area (Å²) >= 11 is 11.9. The zero-order valence-corrected chi connectivity index (χ0v) is 25.9. The molecule has 1 heterocycles. The lowest BCUT2D eigenvalue weighted by Crippen LogP contribution is -2.53. The van der Waals surface area contributed by atoms with Crippen LogP contribution in [0.5, 0.6) is 0 Å². The predicted molar refractivity (Wildman–Crippen MR) is 163 cm³/mol. The van der Waals surface area contributed by atoms with Crippen molar-refractivity contribution in [2.75, 3.05) is 36.3 Å². The van der Waals surface area contributed by atoms with Crippen molar-refractivity contribution < 1.29 is 14.3 Å². The third-order valence-corrected chi connectivity index (χ3v) is 11.9. The minimum Gasteiger partial charge on any atom is -0.462 e. The normalized spacial score (nSPS) is 35.1. The first-order valence-electron chi connectivity index (χ1n) is 15.7. The molecule has 0 aromatic heterocycles. The molecule has 3 unspecified atom stereocenters. The Balaban J connectivity index is 1.13. The van der Waals surface area contributed by atoms with Crippen LogP contribution in [-0.2, 0) is 20.7 Å². The largest absolute Gasteiger partial charge is 0.462 e. The molecular formula is C33H48Cl2N2O3. The molecule has 3 saturated carbocycles. The molecule has 1 amide bonds. The highest BCUT2D eigenvalue weighted by Crippen LogP contribution is 2.65. The fourth-order valence-corrected chi connectivity index (χ4v) is 9.62. The highest BCUT2D eigenvalue weighted by Gasteiger charge is 2.60. The molecule has 1 aliphatic heterocycles. The van der Waals surface area contributed by atoms with Crippen molar-refractivity contribution in [3.8, 4) is 0 Å². The number of aryl methyl sites for hydroxylation is 1. The molecule has 7 heteroatoms. The van der Waals surface area contributed by atoms with E-state index in [0.29, 0.717) is 48.3 Å². The number of benzene rings is 1. The number of rotatable bonds is 10. The van der Waals surface area contributed by atoms with Crippen molar-refractivity contribution in [1.82, 2.24) is 5.32 Å². The topological polar surface area (TPSA) is 58.6 Å². The molecule has 40 heavy (non-hydrogen) atoms. The molecule has 3 aliphatic carbocycles. The summed E-state index contributed by atoms with van der Waals surface area (Å²) in [5, 5.41) is 3.18. The number of ether oxygens (including phenoxy) is 1. The van der Waals surface area contributed by atoms with Crippen molar-refractivity contribution in [2.24, 2.45) is 34.5 Å². The summed E-state index contributed by atoms with van der Waals surface area (Å²) in [6, 6.07) is 8.54. The Morgan fingerprint density at radius 2 is 1.70 bits per heavy atom. The number of esters is 1. The number of hydrogen-bond acceptors (Lipinski definition) is 4. The Labute approximate surface area is 251 Å². The van der Waals surface area contributed by atoms with E-state index in [0.717, 1.165) is 57.4 Å². The van der Waals surface area contributed by atoms with Gasteiger partial charge in [0.25, 0.3) is 0 Å². The van der Waals surface area contributed by atoms with Gasteiger partial charge in [-0.15, -0.1) is 23.2 Å². The number of fused-ring (bicyclic) bond motifs is 5. The minimum atomic E-state index is -0.0370. The molecule has 5 nitrogen and oxygen atoms in total. The third-order valence-electron chi connectivity index (χ3n) is 11.5. The maximum Gasteiger partial charge on any atom is 0.306 e. The molecular weight excluding hydrogens is 543 g/mol. The molecule has 4 aliphatic rings. The van der Waals surface area contributed by atoms with Gasteiger partial charge in [-0.05, 0) is 105 Å². The highest BCUT2D eigenvalue weighted by molar-refractivity contribution is 6.18. The van der Waals surface area contributed by atoms with Crippen LogP contribution < -0.4 is 10.2 Å². The van der Waals surface area contributed by atoms with E-state index in [4.69, 9.17) is 27.9 Å². The van der Waals surface area contributed by atoms with Gasteiger partial charge in [-0.3, -0.25) is 9.59 Å². The second-order valence-electron chi connectivity index (χ2n) is 13.4. The number of halogens is 2. The maximum absolute atomic E-state index is 13.0. The molecule has 1 N–H and O–H groups in total. The van der Waals surface area contributed by atoms with E-state index in [1.54, 1.807) is 0 Å². The van der Waals surface area contributed by atoms with Gasteiger partial charge in [-0.2, -0.15) is 0 Å². The first-order valence-corrected chi connectivity index (χ1v) is 16.8. The molecule has 0 spiro atoms. The van der Waals surface area contributed by atoms with E-state index in [-0.39, 0.29) is 28.8 Å². The fraction of sp³-hybridized carbons (Fsp3) is 0.758. The van der Waals surface area contributed by atoms with Crippen molar-refractivity contribution in [3.05, 3.63) is 29.8 Å². The molecule has 1 aromatic carbocycles. The van der Waals surface area contributed by atoms with Crippen molar-refractivity contribution in [2.45, 2.75) is 90.6 Å². The van der Waals surface area contributed by atoms with Gasteiger partial charge in [0, 0.05) is 55.3 Å². The monoisotopic (exact) mass is 590 g/mol. The van der Waals surface area contributed by atoms with E-state index < -0.39 is 0 Å². The number of nitrogens with one attached hydrogen (secondary N) is 1. The lowest BCUT2D eigenvalue weighted by Gasteiger charge is -2.58. The van der Waals surface area contributed by atoms with E-state index in [2.05, 4.69) is 48.3 Å². The highest BCUT2D eigenvalue weighted by atomic mass is 35.5. The molecule has 1 saturated heterocycles. The van der Waals surface area contributed by atoms with Gasteiger partial charge in [0.15, 0.2) is 0 Å². The van der Waals surface area contributed by atoms with E-state index in [9.17, 15) is 9.59 Å². The number of amides is 1. The Morgan fingerprint density at radius 1 is 0.975 bits per heavy atom. The van der Waals surface area contributed by atoms with E-state index >= 15 is 0 Å². The van der Waals surface area contributed by atoms with Gasteiger partial charge in [0.05, 0.1) is 0 Å². The van der Waals surface area contributed by atoms with Crippen LogP contribution in [0.25, 0.3) is 0 Å². The zero-order chi connectivity index (χ0) is 28.3. The average Bonchev–Trinajstić information content (AvgIpc) is 3.18. The van der Waals surface area contributed by atoms with Crippen molar-refractivity contribution in [3.63, 3.8) is 0 Å². The first kappa shape index (κ1) is 30.0. The van der Waals surface area contributed by atoms with Crippen LogP contribution >= 0.6 is 23.2 Å². The summed E-state index contributed by atoms with van der Waals surface area (Å²) in [6.45, 7) is 7.30. The van der Waals surface area contributed by atoms with Crippen LogP contribution in [-0.4, -0.2) is 49.4 Å². The van der Waals surface area contributed by atoms with Crippen LogP contribution in [0.4, 0.5) is 5.69 Å². The SMILES string of the molecule is C[C@]12CCC(=O)NCC1CC[C@@H]1C2CC[C@@]2(C)C1CC[C@@H]2OC(=O)CCCc1ccc(N(CCCl)CCCl)cc1. The van der Waals surface area contributed by atoms with Crippen LogP contribution in [0.2, 0.25) is 0 Å². The molecule has 1 aromatic rings. The van der Waals surface area contributed by atoms with Crippen molar-refractivity contribution >= 4 is 40.8 Å². The van der Waals surface area contributed by atoms with Gasteiger partial charge in [0.2, 0.25) is 5.91 Å². The van der Waals surface area contributed by atoms with Gasteiger partial charge in [-0.1, -0.05) is 26.0 Å². The van der Waals surface area contributed by atoms with Gasteiger partial charge >= 0.3 is 5.97 Å². The molecule has 5 rings (SSSR count). The first-order chi connectivity index (χ1) is 19.3. The zero-order valence-electron chi connectivity index (χ0n) is 24.4. The molecule has 7 atom stereocenters. The smallest absolute Gasteiger partial charge is 0.306 e. The number of carbonyl (C=O) groups is 2. The summed E-state index contributed by atoms with van der Waals surface area (Å²) in [5.74, 6) is 3.96. The average molecular weight is 592 g/mol. The maximum atomic E-state index is 13.0. The van der Waals surface area contributed by atoms with Crippen LogP contribution in [0.15, 0.2) is 24.3 Å². The lowest BCUT2D eigenvalue weighted by atomic mass is 9.47. The number of carbonyl (C=O) groups excluding carboxylic acids is 2. The molecule has 4 fully saturated rings. The fourth-order valence-electron chi connectivity index (χ4n) is 9.22. The number of alkyl halides is 2. The summed E-state index contributed by atoms with van der Waals surface area (Å²) in [5.41, 5.74) is 2.71. The predicted octanol–water partition coefficient (Wildman–Crippen LogP) is 6.97. The second kappa shape index (κ2) is 12.8. The summed E-state index contributed by atoms with van der Waals surface area (Å²) < 4.78 is 6.25. The quantitative estimate of drug-likeness (QED) is 0.236. The number of nitrogens with zero attached hydrogens (tertiary/aromatic N) is 1. The van der Waals surface area contributed by atoms with E-state index in [1.807, 2.05) is 0 Å². The summed E-state index contributed by atoms with van der Waals surface area (Å²) in [7, 11) is 0. The number of hydrogen-bond donors (Lipinski definition) is 1. The Hall–Kier alpha value is -1.46. The van der Waals surface area contributed by atoms with Gasteiger partial charge < -0.3 is 15.0 Å². The lowest BCUT2D eigenvalue weighted by molar-refractivity contribution is -0.162. The Bertz CT molecular complexity index is 1030. The molecule has 0 bridgehead atoms. The standard InChI is InChI=1S/C33H48Cl2N2O3/c1-32-17-15-30(38)36-22-24(32)8-11-26-27-12-13-29(33(27,2)16-14-28(26)32)40-31(39)5-3-4-23-6-9-25(10-7-23)37(20-18-34)21-19-35/h6-7,9-10,24,26-29H,3-5,8,11-22H2,1-2H3,(H,36,38)/t24?,26-,27?,28?,29-,32-,33-/m0/s1. The number of anilines is 1. The van der Waals surface area contributed by atoms with Gasteiger partial charge in [-0.25, -0.2) is 0 Å². The second-order valence-corrected chi connectivity index (χ2v) is 14.2. The van der Waals surface area contributed by atoms with E-state index in [1.165, 1.54) is 31.2 Å². The van der Waals surface area contributed by atoms with Crippen molar-refractivity contribution in [1.29, 1.82) is 0 Å². The minimum absolute atomic E-state index is 0.0370. The van der Waals surface area contributed by atoms with Gasteiger partial charge in [0.1, 0.15) is 6.10 Å². The third kappa shape index (κ3) is 6.02. The van der Waals surface area contributed by atoms with Crippen LogP contribution in [0.1, 0.15) is 83.6 Å². The van der Waals surface area contributed by atoms with Crippen LogP contribution in [0.3, 0.4) is 0 Å². The molecule has 0 radical (unpaired) electrons. The Kier molecular flexibility index (Phi) is 9.62. The van der Waals surface area contributed by atoms with Crippen LogP contribution in [0, 0.1) is 34.5 Å². The molecule has 222 valence electrons. The Morgan fingerprint density at radius 3 is 2.42 bits per heavy atom. The summed E-state index contributed by atoms with van der Waals surface area (Å²) in [4.78, 5) is 27.4.